The molecule has 100 valence electrons. The van der Waals surface area contributed by atoms with Crippen molar-refractivity contribution < 1.29 is 0 Å². The molecule has 3 heteroatoms. The van der Waals surface area contributed by atoms with Crippen molar-refractivity contribution in [3.63, 3.8) is 0 Å². The lowest BCUT2D eigenvalue weighted by Gasteiger charge is -2.14. The Morgan fingerprint density at radius 3 is 2.47 bits per heavy atom. The van der Waals surface area contributed by atoms with E-state index in [1.165, 1.54) is 5.56 Å². The SMILES string of the molecule is CC(CCNc1ccc(Cl)cc1Cl)c1ccccc1. The zero-order valence-corrected chi connectivity index (χ0v) is 12.4. The van der Waals surface area contributed by atoms with Crippen LogP contribution in [0.4, 0.5) is 5.69 Å². The first-order valence-electron chi connectivity index (χ1n) is 6.40. The zero-order valence-electron chi connectivity index (χ0n) is 10.9. The lowest BCUT2D eigenvalue weighted by atomic mass is 9.98. The molecule has 19 heavy (non-hydrogen) atoms. The number of halogens is 2. The molecule has 0 saturated heterocycles. The molecule has 0 aromatic heterocycles. The van der Waals surface area contributed by atoms with Gasteiger partial charge in [0.2, 0.25) is 0 Å². The molecule has 1 atom stereocenters. The van der Waals surface area contributed by atoms with Crippen LogP contribution in [0.1, 0.15) is 24.8 Å². The van der Waals surface area contributed by atoms with Crippen LogP contribution in [0, 0.1) is 0 Å². The van der Waals surface area contributed by atoms with Crippen LogP contribution in [0.25, 0.3) is 0 Å². The second-order valence-electron chi connectivity index (χ2n) is 4.65. The summed E-state index contributed by atoms with van der Waals surface area (Å²) in [6, 6.07) is 16.0. The Bertz CT molecular complexity index is 526. The highest BCUT2D eigenvalue weighted by Gasteiger charge is 2.05. The van der Waals surface area contributed by atoms with E-state index in [9.17, 15) is 0 Å². The van der Waals surface area contributed by atoms with Gasteiger partial charge in [0.15, 0.2) is 0 Å². The third kappa shape index (κ3) is 4.15. The van der Waals surface area contributed by atoms with Crippen LogP contribution in [0.3, 0.4) is 0 Å². The largest absolute Gasteiger partial charge is 0.384 e. The van der Waals surface area contributed by atoms with Crippen LogP contribution in [0.15, 0.2) is 48.5 Å². The molecule has 2 aromatic rings. The summed E-state index contributed by atoms with van der Waals surface area (Å²) in [6.07, 6.45) is 1.06. The number of anilines is 1. The third-order valence-corrected chi connectivity index (χ3v) is 3.74. The van der Waals surface area contributed by atoms with Gasteiger partial charge in [0.25, 0.3) is 0 Å². The molecule has 1 unspecified atom stereocenters. The van der Waals surface area contributed by atoms with E-state index in [4.69, 9.17) is 23.2 Å². The Morgan fingerprint density at radius 1 is 1.05 bits per heavy atom. The van der Waals surface area contributed by atoms with E-state index in [2.05, 4.69) is 36.5 Å². The van der Waals surface area contributed by atoms with Gasteiger partial charge in [-0.15, -0.1) is 0 Å². The highest BCUT2D eigenvalue weighted by molar-refractivity contribution is 6.36. The Morgan fingerprint density at radius 2 is 1.79 bits per heavy atom. The maximum atomic E-state index is 6.11. The van der Waals surface area contributed by atoms with Gasteiger partial charge in [-0.2, -0.15) is 0 Å². The number of nitrogens with one attached hydrogen (secondary N) is 1. The fourth-order valence-electron chi connectivity index (χ4n) is 2.00. The number of hydrogen-bond donors (Lipinski definition) is 1. The smallest absolute Gasteiger partial charge is 0.0652 e. The van der Waals surface area contributed by atoms with E-state index >= 15 is 0 Å². The van der Waals surface area contributed by atoms with E-state index in [-0.39, 0.29) is 0 Å². The van der Waals surface area contributed by atoms with Gasteiger partial charge in [0, 0.05) is 11.6 Å². The average molecular weight is 294 g/mol. The van der Waals surface area contributed by atoms with Crippen molar-refractivity contribution in [1.82, 2.24) is 0 Å². The second-order valence-corrected chi connectivity index (χ2v) is 5.49. The first-order valence-corrected chi connectivity index (χ1v) is 7.16. The van der Waals surface area contributed by atoms with Gasteiger partial charge in [-0.3, -0.25) is 0 Å². The van der Waals surface area contributed by atoms with E-state index < -0.39 is 0 Å². The monoisotopic (exact) mass is 293 g/mol. The van der Waals surface area contributed by atoms with Crippen molar-refractivity contribution >= 4 is 28.9 Å². The maximum absolute atomic E-state index is 6.11. The standard InChI is InChI=1S/C16H17Cl2N/c1-12(13-5-3-2-4-6-13)9-10-19-16-8-7-14(17)11-15(16)18/h2-8,11-12,19H,9-10H2,1H3. The highest BCUT2D eigenvalue weighted by atomic mass is 35.5. The van der Waals surface area contributed by atoms with E-state index in [1.54, 1.807) is 6.07 Å². The molecule has 0 radical (unpaired) electrons. The summed E-state index contributed by atoms with van der Waals surface area (Å²) in [5.74, 6) is 0.528. The molecule has 0 aliphatic heterocycles. The highest BCUT2D eigenvalue weighted by Crippen LogP contribution is 2.26. The van der Waals surface area contributed by atoms with Crippen LogP contribution in [0.5, 0.6) is 0 Å². The number of hydrogen-bond acceptors (Lipinski definition) is 1. The average Bonchev–Trinajstić information content (AvgIpc) is 2.42. The third-order valence-electron chi connectivity index (χ3n) is 3.19. The maximum Gasteiger partial charge on any atom is 0.0652 e. The lowest BCUT2D eigenvalue weighted by molar-refractivity contribution is 0.706. The van der Waals surface area contributed by atoms with Gasteiger partial charge < -0.3 is 5.32 Å². The van der Waals surface area contributed by atoms with Crippen molar-refractivity contribution in [3.8, 4) is 0 Å². The number of rotatable bonds is 5. The molecular formula is C16H17Cl2N. The normalized spacial score (nSPS) is 12.2. The molecule has 2 rings (SSSR count). The lowest BCUT2D eigenvalue weighted by Crippen LogP contribution is -2.06. The minimum atomic E-state index is 0.528. The van der Waals surface area contributed by atoms with Gasteiger partial charge >= 0.3 is 0 Å². The summed E-state index contributed by atoms with van der Waals surface area (Å²) in [5.41, 5.74) is 2.30. The van der Waals surface area contributed by atoms with Gasteiger partial charge in [0.1, 0.15) is 0 Å². The minimum Gasteiger partial charge on any atom is -0.384 e. The van der Waals surface area contributed by atoms with Crippen LogP contribution in [0.2, 0.25) is 10.0 Å². The van der Waals surface area contributed by atoms with Crippen molar-refractivity contribution in [1.29, 1.82) is 0 Å². The van der Waals surface area contributed by atoms with E-state index in [1.807, 2.05) is 18.2 Å². The molecule has 1 N–H and O–H groups in total. The Hall–Kier alpha value is -1.18. The van der Waals surface area contributed by atoms with Gasteiger partial charge in [-0.25, -0.2) is 0 Å². The fraction of sp³-hybridized carbons (Fsp3) is 0.250. The van der Waals surface area contributed by atoms with Crippen LogP contribution in [-0.4, -0.2) is 6.54 Å². The summed E-state index contributed by atoms with van der Waals surface area (Å²) < 4.78 is 0. The predicted molar refractivity (Wildman–Crippen MR) is 84.4 cm³/mol. The predicted octanol–water partition coefficient (Wildman–Crippen LogP) is 5.60. The Labute approximate surface area is 124 Å². The quantitative estimate of drug-likeness (QED) is 0.757. The van der Waals surface area contributed by atoms with Crippen molar-refractivity contribution in [3.05, 3.63) is 64.1 Å². The Kier molecular flexibility index (Phi) is 5.12. The molecule has 0 aliphatic carbocycles. The van der Waals surface area contributed by atoms with Gasteiger partial charge in [0.05, 0.1) is 10.7 Å². The van der Waals surface area contributed by atoms with E-state index in [0.717, 1.165) is 18.7 Å². The molecule has 0 aliphatic rings. The topological polar surface area (TPSA) is 12.0 Å². The summed E-state index contributed by atoms with van der Waals surface area (Å²) >= 11 is 12.0. The molecule has 0 saturated carbocycles. The summed E-state index contributed by atoms with van der Waals surface area (Å²) in [4.78, 5) is 0. The molecule has 2 aromatic carbocycles. The molecule has 0 heterocycles. The molecular weight excluding hydrogens is 277 g/mol. The number of benzene rings is 2. The minimum absolute atomic E-state index is 0.528. The van der Waals surface area contributed by atoms with Crippen LogP contribution >= 0.6 is 23.2 Å². The Balaban J connectivity index is 1.86. The van der Waals surface area contributed by atoms with Crippen molar-refractivity contribution in [2.24, 2.45) is 0 Å². The van der Waals surface area contributed by atoms with Gasteiger partial charge in [-0.05, 0) is 36.1 Å². The molecule has 1 nitrogen and oxygen atoms in total. The molecule has 0 bridgehead atoms. The van der Waals surface area contributed by atoms with Crippen LogP contribution in [-0.2, 0) is 0 Å². The van der Waals surface area contributed by atoms with Gasteiger partial charge in [-0.1, -0.05) is 60.5 Å². The molecule has 0 amide bonds. The molecule has 0 spiro atoms. The van der Waals surface area contributed by atoms with Crippen molar-refractivity contribution in [2.45, 2.75) is 19.3 Å². The fourth-order valence-corrected chi connectivity index (χ4v) is 2.48. The van der Waals surface area contributed by atoms with Crippen LogP contribution < -0.4 is 5.32 Å². The first-order chi connectivity index (χ1) is 9.16. The second kappa shape index (κ2) is 6.83. The molecule has 0 fully saturated rings. The van der Waals surface area contributed by atoms with Crippen molar-refractivity contribution in [2.75, 3.05) is 11.9 Å². The summed E-state index contributed by atoms with van der Waals surface area (Å²) in [6.45, 7) is 3.12. The zero-order chi connectivity index (χ0) is 13.7. The first kappa shape index (κ1) is 14.2. The summed E-state index contributed by atoms with van der Waals surface area (Å²) in [5, 5.41) is 4.68. The van der Waals surface area contributed by atoms with E-state index in [0.29, 0.717) is 16.0 Å². The summed E-state index contributed by atoms with van der Waals surface area (Å²) in [7, 11) is 0.